The lowest BCUT2D eigenvalue weighted by Gasteiger charge is -2.08. The van der Waals surface area contributed by atoms with Crippen molar-refractivity contribution < 1.29 is 4.74 Å². The minimum Gasteiger partial charge on any atom is -0.480 e. The van der Waals surface area contributed by atoms with Crippen molar-refractivity contribution in [3.63, 3.8) is 0 Å². The summed E-state index contributed by atoms with van der Waals surface area (Å²) in [6.45, 7) is 0. The van der Waals surface area contributed by atoms with Crippen LogP contribution < -0.4 is 10.5 Å². The van der Waals surface area contributed by atoms with Crippen LogP contribution in [0.5, 0.6) is 5.88 Å². The second kappa shape index (κ2) is 3.70. The van der Waals surface area contributed by atoms with E-state index >= 15 is 0 Å². The molecule has 1 fully saturated rings. The van der Waals surface area contributed by atoms with Gasteiger partial charge in [-0.05, 0) is 25.7 Å². The van der Waals surface area contributed by atoms with Crippen molar-refractivity contribution >= 4 is 5.65 Å². The van der Waals surface area contributed by atoms with E-state index in [1.54, 1.807) is 13.3 Å². The second-order valence-corrected chi connectivity index (χ2v) is 4.77. The van der Waals surface area contributed by atoms with E-state index in [0.717, 1.165) is 37.0 Å². The Kier molecular flexibility index (Phi) is 2.29. The van der Waals surface area contributed by atoms with Gasteiger partial charge in [0.15, 0.2) is 5.65 Å². The molecule has 2 N–H and O–H groups in total. The first-order chi connectivity index (χ1) is 8.20. The molecule has 17 heavy (non-hydrogen) atoms. The number of ether oxygens (including phenoxy) is 1. The zero-order valence-electron chi connectivity index (χ0n) is 9.89. The lowest BCUT2D eigenvalue weighted by Crippen LogP contribution is -2.22. The lowest BCUT2D eigenvalue weighted by atomic mass is 10.1. The van der Waals surface area contributed by atoms with Crippen LogP contribution in [0.2, 0.25) is 0 Å². The van der Waals surface area contributed by atoms with Gasteiger partial charge in [-0.1, -0.05) is 0 Å². The molecule has 2 aromatic heterocycles. The van der Waals surface area contributed by atoms with Gasteiger partial charge in [0, 0.05) is 17.4 Å². The first-order valence-electron chi connectivity index (χ1n) is 5.85. The highest BCUT2D eigenvalue weighted by atomic mass is 16.5. The Morgan fingerprint density at radius 2 is 2.24 bits per heavy atom. The maximum atomic E-state index is 6.10. The van der Waals surface area contributed by atoms with Crippen molar-refractivity contribution in [3.05, 3.63) is 24.3 Å². The Morgan fingerprint density at radius 3 is 2.94 bits per heavy atom. The number of rotatable bonds is 4. The average molecular weight is 232 g/mol. The third-order valence-corrected chi connectivity index (χ3v) is 3.43. The van der Waals surface area contributed by atoms with Gasteiger partial charge in [0.2, 0.25) is 5.88 Å². The molecule has 5 heteroatoms. The van der Waals surface area contributed by atoms with Crippen molar-refractivity contribution in [1.82, 2.24) is 14.4 Å². The van der Waals surface area contributed by atoms with Gasteiger partial charge in [0.25, 0.3) is 0 Å². The quantitative estimate of drug-likeness (QED) is 0.859. The van der Waals surface area contributed by atoms with Gasteiger partial charge in [-0.15, -0.1) is 0 Å². The Hall–Kier alpha value is -1.62. The van der Waals surface area contributed by atoms with Gasteiger partial charge in [-0.2, -0.15) is 0 Å². The Morgan fingerprint density at radius 1 is 1.41 bits per heavy atom. The predicted octanol–water partition coefficient (Wildman–Crippen LogP) is 1.16. The van der Waals surface area contributed by atoms with Crippen LogP contribution in [-0.2, 0) is 6.42 Å². The highest BCUT2D eigenvalue weighted by Crippen LogP contribution is 2.36. The summed E-state index contributed by atoms with van der Waals surface area (Å²) in [5.74, 6) is 0.602. The minimum absolute atomic E-state index is 0.0846. The molecule has 0 radical (unpaired) electrons. The van der Waals surface area contributed by atoms with Gasteiger partial charge in [-0.3, -0.25) is 4.40 Å². The smallest absolute Gasteiger partial charge is 0.230 e. The number of hydrogen-bond donors (Lipinski definition) is 1. The van der Waals surface area contributed by atoms with Gasteiger partial charge < -0.3 is 10.5 Å². The molecule has 0 bridgehead atoms. The molecule has 2 aromatic rings. The molecule has 5 nitrogen and oxygen atoms in total. The number of fused-ring (bicyclic) bond motifs is 1. The Labute approximate surface area is 99.6 Å². The fourth-order valence-electron chi connectivity index (χ4n) is 2.00. The van der Waals surface area contributed by atoms with E-state index in [0.29, 0.717) is 5.88 Å². The summed E-state index contributed by atoms with van der Waals surface area (Å²) >= 11 is 0. The largest absolute Gasteiger partial charge is 0.480 e. The molecule has 0 atom stereocenters. The molecule has 1 aliphatic rings. The lowest BCUT2D eigenvalue weighted by molar-refractivity contribution is 0.395. The van der Waals surface area contributed by atoms with E-state index in [4.69, 9.17) is 10.5 Å². The zero-order chi connectivity index (χ0) is 11.9. The number of nitrogens with zero attached hydrogens (tertiary/aromatic N) is 3. The molecule has 0 unspecified atom stereocenters. The maximum absolute atomic E-state index is 6.10. The van der Waals surface area contributed by atoms with Crippen LogP contribution in [-0.4, -0.2) is 27.0 Å². The average Bonchev–Trinajstić information content (AvgIpc) is 2.95. The molecule has 90 valence electrons. The fraction of sp³-hybridized carbons (Fsp3) is 0.500. The van der Waals surface area contributed by atoms with Crippen LogP contribution in [0.1, 0.15) is 25.0 Å². The molecule has 0 aromatic carbocycles. The third-order valence-electron chi connectivity index (χ3n) is 3.43. The van der Waals surface area contributed by atoms with Crippen LogP contribution in [0.15, 0.2) is 18.6 Å². The molecule has 2 heterocycles. The maximum Gasteiger partial charge on any atom is 0.230 e. The highest BCUT2D eigenvalue weighted by molar-refractivity contribution is 5.39. The summed E-state index contributed by atoms with van der Waals surface area (Å²) in [5.41, 5.74) is 8.20. The van der Waals surface area contributed by atoms with Crippen LogP contribution >= 0.6 is 0 Å². The highest BCUT2D eigenvalue weighted by Gasteiger charge is 2.37. The van der Waals surface area contributed by atoms with Gasteiger partial charge in [-0.25, -0.2) is 9.97 Å². The first kappa shape index (κ1) is 10.5. The topological polar surface area (TPSA) is 65.4 Å². The zero-order valence-corrected chi connectivity index (χ0v) is 9.89. The van der Waals surface area contributed by atoms with Gasteiger partial charge >= 0.3 is 0 Å². The van der Waals surface area contributed by atoms with E-state index in [9.17, 15) is 0 Å². The van der Waals surface area contributed by atoms with Crippen molar-refractivity contribution in [1.29, 1.82) is 0 Å². The van der Waals surface area contributed by atoms with E-state index in [2.05, 4.69) is 9.97 Å². The molecule has 0 saturated heterocycles. The normalized spacial score (nSPS) is 17.3. The standard InChI is InChI=1S/C12H16N4O/c1-17-11-8-16-9(2-3-12(13)4-5-12)6-14-10(16)7-15-11/h6-8H,2-5,13H2,1H3. The molecule has 3 rings (SSSR count). The monoisotopic (exact) mass is 232 g/mol. The van der Waals surface area contributed by atoms with E-state index in [1.165, 1.54) is 0 Å². The van der Waals surface area contributed by atoms with Crippen molar-refractivity contribution in [2.75, 3.05) is 7.11 Å². The molecule has 0 spiro atoms. The third kappa shape index (κ3) is 1.98. The molecule has 1 saturated carbocycles. The Balaban J connectivity index is 1.87. The van der Waals surface area contributed by atoms with Crippen molar-refractivity contribution in [3.8, 4) is 5.88 Å². The van der Waals surface area contributed by atoms with Crippen LogP contribution in [0.4, 0.5) is 0 Å². The molecule has 0 amide bonds. The molecular formula is C12H16N4O. The molecule has 1 aliphatic carbocycles. The number of hydrogen-bond acceptors (Lipinski definition) is 4. The summed E-state index contributed by atoms with van der Waals surface area (Å²) < 4.78 is 7.15. The van der Waals surface area contributed by atoms with E-state index in [1.807, 2.05) is 16.8 Å². The number of aryl methyl sites for hydroxylation is 1. The van der Waals surface area contributed by atoms with E-state index in [-0.39, 0.29) is 5.54 Å². The van der Waals surface area contributed by atoms with Crippen molar-refractivity contribution in [2.24, 2.45) is 5.73 Å². The molecule has 0 aliphatic heterocycles. The van der Waals surface area contributed by atoms with Crippen molar-refractivity contribution in [2.45, 2.75) is 31.2 Å². The summed E-state index contributed by atoms with van der Waals surface area (Å²) in [7, 11) is 1.61. The molecular weight excluding hydrogens is 216 g/mol. The Bertz CT molecular complexity index is 544. The predicted molar refractivity (Wildman–Crippen MR) is 64.0 cm³/mol. The summed E-state index contributed by atoms with van der Waals surface area (Å²) in [6, 6.07) is 0. The summed E-state index contributed by atoms with van der Waals surface area (Å²) in [5, 5.41) is 0. The SMILES string of the molecule is COc1cn2c(CCC3(N)CC3)cnc2cn1. The number of nitrogens with two attached hydrogens (primary N) is 1. The summed E-state index contributed by atoms with van der Waals surface area (Å²) in [4.78, 5) is 8.45. The van der Waals surface area contributed by atoms with Gasteiger partial charge in [0.05, 0.1) is 19.5 Å². The first-order valence-corrected chi connectivity index (χ1v) is 5.85. The number of aromatic nitrogens is 3. The van der Waals surface area contributed by atoms with Crippen LogP contribution in [0.25, 0.3) is 5.65 Å². The second-order valence-electron chi connectivity index (χ2n) is 4.77. The fourth-order valence-corrected chi connectivity index (χ4v) is 2.00. The summed E-state index contributed by atoms with van der Waals surface area (Å²) in [6.07, 6.45) is 9.74. The van der Waals surface area contributed by atoms with Gasteiger partial charge in [0.1, 0.15) is 0 Å². The number of methoxy groups -OCH3 is 1. The van der Waals surface area contributed by atoms with E-state index < -0.39 is 0 Å². The number of imidazole rings is 1. The van der Waals surface area contributed by atoms with Crippen LogP contribution in [0, 0.1) is 0 Å². The van der Waals surface area contributed by atoms with Crippen LogP contribution in [0.3, 0.4) is 0 Å². The minimum atomic E-state index is 0.0846.